The van der Waals surface area contributed by atoms with Gasteiger partial charge in [-0.15, -0.1) is 0 Å². The number of hydrogen-bond donors (Lipinski definition) is 1. The van der Waals surface area contributed by atoms with Crippen LogP contribution < -0.4 is 10.2 Å². The van der Waals surface area contributed by atoms with Crippen molar-refractivity contribution in [2.24, 2.45) is 0 Å². The lowest BCUT2D eigenvalue weighted by molar-refractivity contribution is -0.121. The molecule has 39 heavy (non-hydrogen) atoms. The van der Waals surface area contributed by atoms with Crippen LogP contribution in [0.5, 0.6) is 0 Å². The van der Waals surface area contributed by atoms with E-state index in [2.05, 4.69) is 26.3 Å². The summed E-state index contributed by atoms with van der Waals surface area (Å²) in [6, 6.07) is 16.3. The van der Waals surface area contributed by atoms with E-state index in [9.17, 15) is 9.18 Å². The number of amides is 1. The summed E-state index contributed by atoms with van der Waals surface area (Å²) in [6.45, 7) is 9.54. The summed E-state index contributed by atoms with van der Waals surface area (Å²) >= 11 is 6.14. The molecule has 5 rings (SSSR count). The molecule has 1 fully saturated rings. The molecule has 1 amide bonds. The van der Waals surface area contributed by atoms with Crippen molar-refractivity contribution >= 4 is 28.8 Å². The van der Waals surface area contributed by atoms with Gasteiger partial charge in [-0.3, -0.25) is 9.69 Å². The zero-order valence-corrected chi connectivity index (χ0v) is 23.2. The predicted molar refractivity (Wildman–Crippen MR) is 154 cm³/mol. The number of anilines is 1. The fraction of sp³-hybridized carbons (Fsp3) is 0.367. The van der Waals surface area contributed by atoms with E-state index in [1.807, 2.05) is 44.2 Å². The number of piperazine rings is 1. The largest absolute Gasteiger partial charge is 0.369 e. The maximum Gasteiger partial charge on any atom is 0.220 e. The molecule has 0 saturated carbocycles. The molecular formula is C30H34ClFN6O. The van der Waals surface area contributed by atoms with Crippen LogP contribution in [-0.2, 0) is 11.2 Å². The molecule has 1 aliphatic heterocycles. The van der Waals surface area contributed by atoms with Gasteiger partial charge in [0, 0.05) is 72.9 Å². The number of rotatable bonds is 9. The van der Waals surface area contributed by atoms with Crippen LogP contribution >= 0.6 is 11.6 Å². The number of aryl methyl sites for hydroxylation is 2. The first kappa shape index (κ1) is 27.1. The van der Waals surface area contributed by atoms with Gasteiger partial charge >= 0.3 is 0 Å². The minimum atomic E-state index is -0.298. The van der Waals surface area contributed by atoms with Crippen LogP contribution in [0.3, 0.4) is 0 Å². The Morgan fingerprint density at radius 1 is 1.05 bits per heavy atom. The van der Waals surface area contributed by atoms with Crippen LogP contribution in [0.25, 0.3) is 16.9 Å². The highest BCUT2D eigenvalue weighted by molar-refractivity contribution is 6.30. The van der Waals surface area contributed by atoms with Gasteiger partial charge in [-0.05, 0) is 69.1 Å². The van der Waals surface area contributed by atoms with E-state index in [1.54, 1.807) is 10.6 Å². The highest BCUT2D eigenvalue weighted by Crippen LogP contribution is 2.24. The second-order valence-corrected chi connectivity index (χ2v) is 10.5. The Labute approximate surface area is 233 Å². The number of hydrogen-bond acceptors (Lipinski definition) is 5. The molecular weight excluding hydrogens is 515 g/mol. The van der Waals surface area contributed by atoms with Crippen LogP contribution in [0.4, 0.5) is 10.1 Å². The van der Waals surface area contributed by atoms with Crippen LogP contribution in [0.15, 0.2) is 54.6 Å². The number of fused-ring (bicyclic) bond motifs is 1. The monoisotopic (exact) mass is 548 g/mol. The van der Waals surface area contributed by atoms with Crippen LogP contribution in [0.1, 0.15) is 29.8 Å². The second-order valence-electron chi connectivity index (χ2n) is 10.1. The average molecular weight is 549 g/mol. The van der Waals surface area contributed by atoms with Crippen molar-refractivity contribution < 1.29 is 9.18 Å². The van der Waals surface area contributed by atoms with Crippen molar-refractivity contribution in [2.45, 2.75) is 33.1 Å². The molecule has 7 nitrogen and oxygen atoms in total. The molecule has 0 unspecified atom stereocenters. The highest BCUT2D eigenvalue weighted by atomic mass is 35.5. The molecule has 1 aliphatic rings. The summed E-state index contributed by atoms with van der Waals surface area (Å²) in [5.74, 6) is -0.255. The SMILES string of the molecule is Cc1nc2cc(-c3cccc(F)c3)nn2c(C)c1CCC(=O)NCCCN1CCN(c2cccc(Cl)c2)CC1. The highest BCUT2D eigenvalue weighted by Gasteiger charge is 2.18. The van der Waals surface area contributed by atoms with Gasteiger partial charge in [0.25, 0.3) is 0 Å². The minimum absolute atomic E-state index is 0.0422. The minimum Gasteiger partial charge on any atom is -0.369 e. The zero-order valence-electron chi connectivity index (χ0n) is 22.5. The molecule has 0 radical (unpaired) electrons. The topological polar surface area (TPSA) is 65.8 Å². The zero-order chi connectivity index (χ0) is 27.4. The van der Waals surface area contributed by atoms with Gasteiger partial charge in [-0.25, -0.2) is 13.9 Å². The molecule has 2 aromatic carbocycles. The summed E-state index contributed by atoms with van der Waals surface area (Å²) < 4.78 is 15.5. The van der Waals surface area contributed by atoms with E-state index in [0.717, 1.165) is 61.1 Å². The van der Waals surface area contributed by atoms with Crippen molar-refractivity contribution in [2.75, 3.05) is 44.2 Å². The Bertz CT molecular complexity index is 1460. The summed E-state index contributed by atoms with van der Waals surface area (Å²) in [7, 11) is 0. The second kappa shape index (κ2) is 12.1. The number of carbonyl (C=O) groups is 1. The number of nitrogens with zero attached hydrogens (tertiary/aromatic N) is 5. The maximum atomic E-state index is 13.7. The summed E-state index contributed by atoms with van der Waals surface area (Å²) in [5.41, 5.74) is 6.12. The molecule has 1 saturated heterocycles. The van der Waals surface area contributed by atoms with Gasteiger partial charge < -0.3 is 10.2 Å². The average Bonchev–Trinajstić information content (AvgIpc) is 3.36. The molecule has 1 N–H and O–H groups in total. The lowest BCUT2D eigenvalue weighted by Crippen LogP contribution is -2.47. The van der Waals surface area contributed by atoms with Crippen LogP contribution in [-0.4, -0.2) is 64.7 Å². The fourth-order valence-corrected chi connectivity index (χ4v) is 5.42. The first-order valence-electron chi connectivity index (χ1n) is 13.5. The number of nitrogens with one attached hydrogen (secondary N) is 1. The van der Waals surface area contributed by atoms with Crippen molar-refractivity contribution in [1.82, 2.24) is 24.8 Å². The van der Waals surface area contributed by atoms with E-state index in [4.69, 9.17) is 16.6 Å². The Kier molecular flexibility index (Phi) is 8.43. The van der Waals surface area contributed by atoms with Gasteiger partial charge in [0.15, 0.2) is 5.65 Å². The van der Waals surface area contributed by atoms with Gasteiger partial charge in [0.2, 0.25) is 5.91 Å². The van der Waals surface area contributed by atoms with Crippen LogP contribution in [0.2, 0.25) is 5.02 Å². The van der Waals surface area contributed by atoms with Gasteiger partial charge in [0.1, 0.15) is 5.82 Å². The molecule has 2 aromatic heterocycles. The first-order chi connectivity index (χ1) is 18.9. The first-order valence-corrected chi connectivity index (χ1v) is 13.9. The molecule has 9 heteroatoms. The van der Waals surface area contributed by atoms with Crippen molar-refractivity contribution in [3.05, 3.63) is 82.4 Å². The molecule has 4 aromatic rings. The van der Waals surface area contributed by atoms with Gasteiger partial charge in [0.05, 0.1) is 5.69 Å². The molecule has 3 heterocycles. The Morgan fingerprint density at radius 2 is 1.85 bits per heavy atom. The van der Waals surface area contributed by atoms with Crippen molar-refractivity contribution in [1.29, 1.82) is 0 Å². The molecule has 204 valence electrons. The number of benzene rings is 2. The van der Waals surface area contributed by atoms with E-state index < -0.39 is 0 Å². The van der Waals surface area contributed by atoms with Gasteiger partial charge in [-0.2, -0.15) is 5.10 Å². The normalized spacial score (nSPS) is 14.2. The molecule has 0 spiro atoms. The molecule has 0 aliphatic carbocycles. The standard InChI is InChI=1S/C30H34ClFN6O/c1-21-27(22(2)38-29(34-21)20-28(35-38)23-6-3-8-25(32)18-23)10-11-30(39)33-12-5-13-36-14-16-37(17-15-36)26-9-4-7-24(31)19-26/h3-4,6-9,18-20H,5,10-17H2,1-2H3,(H,33,39). The van der Waals surface area contributed by atoms with Crippen LogP contribution in [0, 0.1) is 19.7 Å². The van der Waals surface area contributed by atoms with E-state index in [1.165, 1.54) is 17.8 Å². The third kappa shape index (κ3) is 6.57. The fourth-order valence-electron chi connectivity index (χ4n) is 5.24. The smallest absolute Gasteiger partial charge is 0.220 e. The summed E-state index contributed by atoms with van der Waals surface area (Å²) in [4.78, 5) is 22.1. The summed E-state index contributed by atoms with van der Waals surface area (Å²) in [5, 5.41) is 8.50. The number of halogens is 2. The third-order valence-corrected chi connectivity index (χ3v) is 7.64. The number of aromatic nitrogens is 3. The lowest BCUT2D eigenvalue weighted by atomic mass is 10.1. The maximum absolute atomic E-state index is 13.7. The Hall–Kier alpha value is -3.49. The van der Waals surface area contributed by atoms with Crippen molar-refractivity contribution in [3.63, 3.8) is 0 Å². The van der Waals surface area contributed by atoms with E-state index in [0.29, 0.717) is 36.3 Å². The summed E-state index contributed by atoms with van der Waals surface area (Å²) in [6.07, 6.45) is 1.91. The van der Waals surface area contributed by atoms with Gasteiger partial charge in [-0.1, -0.05) is 29.8 Å². The number of carbonyl (C=O) groups excluding carboxylic acids is 1. The molecule has 0 bridgehead atoms. The Balaban J connectivity index is 1.08. The van der Waals surface area contributed by atoms with E-state index in [-0.39, 0.29) is 11.7 Å². The Morgan fingerprint density at radius 3 is 2.62 bits per heavy atom. The van der Waals surface area contributed by atoms with Crippen molar-refractivity contribution in [3.8, 4) is 11.3 Å². The third-order valence-electron chi connectivity index (χ3n) is 7.41. The quantitative estimate of drug-likeness (QED) is 0.296. The predicted octanol–water partition coefficient (Wildman–Crippen LogP) is 5.07. The lowest BCUT2D eigenvalue weighted by Gasteiger charge is -2.36. The van der Waals surface area contributed by atoms with E-state index >= 15 is 0 Å². The molecule has 0 atom stereocenters.